The van der Waals surface area contributed by atoms with E-state index in [4.69, 9.17) is 11.6 Å². The van der Waals surface area contributed by atoms with Crippen LogP contribution in [0.3, 0.4) is 0 Å². The molecule has 0 amide bonds. The number of aromatic nitrogens is 5. The highest BCUT2D eigenvalue weighted by molar-refractivity contribution is 6.31. The summed E-state index contributed by atoms with van der Waals surface area (Å²) in [7, 11) is 0. The van der Waals surface area contributed by atoms with Crippen LogP contribution in [0, 0.1) is 17.6 Å². The Morgan fingerprint density at radius 3 is 2.38 bits per heavy atom. The van der Waals surface area contributed by atoms with Crippen molar-refractivity contribution in [3.63, 3.8) is 0 Å². The van der Waals surface area contributed by atoms with E-state index in [1.54, 1.807) is 0 Å². The van der Waals surface area contributed by atoms with Crippen LogP contribution in [-0.4, -0.2) is 24.5 Å². The Hall–Kier alpha value is -2.61. The lowest BCUT2D eigenvalue weighted by Gasteiger charge is -2.19. The summed E-state index contributed by atoms with van der Waals surface area (Å²) in [5.41, 5.74) is -1.06. The molecular formula is C17H16ClF2N5O. The lowest BCUT2D eigenvalue weighted by Crippen LogP contribution is -2.31. The largest absolute Gasteiger partial charge is 0.302 e. The number of rotatable bonds is 5. The minimum atomic E-state index is -0.823. The van der Waals surface area contributed by atoms with E-state index >= 15 is 0 Å². The van der Waals surface area contributed by atoms with Gasteiger partial charge in [-0.15, -0.1) is 4.80 Å². The van der Waals surface area contributed by atoms with E-state index in [1.807, 2.05) is 13.8 Å². The maximum Gasteiger partial charge on any atom is 0.298 e. The van der Waals surface area contributed by atoms with Crippen LogP contribution in [0.4, 0.5) is 8.78 Å². The first-order valence-electron chi connectivity index (χ1n) is 8.05. The van der Waals surface area contributed by atoms with Crippen molar-refractivity contribution < 1.29 is 8.78 Å². The lowest BCUT2D eigenvalue weighted by molar-refractivity contribution is 0.457. The molecule has 3 aromatic rings. The fraction of sp³-hybridized carbons (Fsp3) is 0.294. The van der Waals surface area contributed by atoms with Gasteiger partial charge in [-0.25, -0.2) is 13.8 Å². The van der Waals surface area contributed by atoms with Crippen molar-refractivity contribution in [1.29, 1.82) is 0 Å². The maximum absolute atomic E-state index is 14.3. The number of halogens is 3. The van der Waals surface area contributed by atoms with E-state index in [0.29, 0.717) is 0 Å². The minimum absolute atomic E-state index is 0.0678. The molecule has 0 spiro atoms. The smallest absolute Gasteiger partial charge is 0.298 e. The average molecular weight is 380 g/mol. The van der Waals surface area contributed by atoms with Gasteiger partial charge in [0, 0.05) is 6.54 Å². The molecule has 1 atom stereocenters. The zero-order valence-corrected chi connectivity index (χ0v) is 14.9. The predicted molar refractivity (Wildman–Crippen MR) is 93.2 cm³/mol. The molecule has 0 aliphatic carbocycles. The molecule has 0 aliphatic rings. The number of hydrogen-bond acceptors (Lipinski definition) is 4. The van der Waals surface area contributed by atoms with Crippen molar-refractivity contribution in [2.75, 3.05) is 0 Å². The Labute approximate surface area is 153 Å². The second-order valence-electron chi connectivity index (χ2n) is 5.92. The summed E-state index contributed by atoms with van der Waals surface area (Å²) in [6.45, 7) is 4.10. The van der Waals surface area contributed by atoms with Crippen LogP contribution in [0.25, 0.3) is 17.1 Å². The Balaban J connectivity index is 2.34. The molecule has 0 bridgehead atoms. The third kappa shape index (κ3) is 3.24. The van der Waals surface area contributed by atoms with Crippen molar-refractivity contribution in [1.82, 2.24) is 24.5 Å². The van der Waals surface area contributed by atoms with Crippen LogP contribution in [0.1, 0.15) is 20.3 Å². The standard InChI is InChI=1S/C17H16ClF2N5O/c1-3-10(2)9-24-14(13-11(19)5-4-6-12(13)20)15(18)23-16(17(24)26)25-21-7-8-22-25/h4-8,10H,3,9H2,1-2H3/t10-/m0/s1. The summed E-state index contributed by atoms with van der Waals surface area (Å²) >= 11 is 6.26. The third-order valence-electron chi connectivity index (χ3n) is 4.10. The first-order chi connectivity index (χ1) is 12.4. The van der Waals surface area contributed by atoms with Crippen LogP contribution >= 0.6 is 11.6 Å². The number of hydrogen-bond donors (Lipinski definition) is 0. The molecule has 3 rings (SSSR count). The average Bonchev–Trinajstić information content (AvgIpc) is 3.14. The zero-order valence-electron chi connectivity index (χ0n) is 14.2. The van der Waals surface area contributed by atoms with Crippen molar-refractivity contribution >= 4 is 11.6 Å². The molecule has 1 aromatic carbocycles. The molecule has 0 saturated carbocycles. The van der Waals surface area contributed by atoms with Crippen LogP contribution < -0.4 is 5.56 Å². The normalized spacial score (nSPS) is 12.3. The number of benzene rings is 1. The molecule has 9 heteroatoms. The Bertz CT molecular complexity index is 967. The van der Waals surface area contributed by atoms with E-state index in [1.165, 1.54) is 23.0 Å². The Morgan fingerprint density at radius 1 is 1.19 bits per heavy atom. The summed E-state index contributed by atoms with van der Waals surface area (Å²) in [4.78, 5) is 18.0. The fourth-order valence-electron chi connectivity index (χ4n) is 2.56. The Morgan fingerprint density at radius 2 is 1.81 bits per heavy atom. The van der Waals surface area contributed by atoms with Gasteiger partial charge >= 0.3 is 0 Å². The van der Waals surface area contributed by atoms with Gasteiger partial charge in [0.1, 0.15) is 11.6 Å². The molecule has 0 aliphatic heterocycles. The second-order valence-corrected chi connectivity index (χ2v) is 6.28. The summed E-state index contributed by atoms with van der Waals surface area (Å²) < 4.78 is 29.9. The zero-order chi connectivity index (χ0) is 18.8. The van der Waals surface area contributed by atoms with Crippen molar-refractivity contribution in [3.8, 4) is 17.1 Å². The van der Waals surface area contributed by atoms with E-state index in [9.17, 15) is 13.6 Å². The molecule has 26 heavy (non-hydrogen) atoms. The lowest BCUT2D eigenvalue weighted by atomic mass is 10.1. The van der Waals surface area contributed by atoms with Gasteiger partial charge in [-0.2, -0.15) is 10.2 Å². The van der Waals surface area contributed by atoms with Gasteiger partial charge in [0.15, 0.2) is 5.15 Å². The molecule has 0 radical (unpaired) electrons. The molecule has 2 heterocycles. The number of nitrogens with zero attached hydrogens (tertiary/aromatic N) is 5. The SMILES string of the molecule is CC[C@H](C)Cn1c(-c2c(F)cccc2F)c(Cl)nc(-n2nccn2)c1=O. The quantitative estimate of drug-likeness (QED) is 0.680. The summed E-state index contributed by atoms with van der Waals surface area (Å²) in [6, 6.07) is 3.46. The van der Waals surface area contributed by atoms with E-state index in [2.05, 4.69) is 15.2 Å². The highest BCUT2D eigenvalue weighted by atomic mass is 35.5. The summed E-state index contributed by atoms with van der Waals surface area (Å²) in [5.74, 6) is -1.71. The van der Waals surface area contributed by atoms with Gasteiger partial charge in [-0.3, -0.25) is 4.79 Å². The van der Waals surface area contributed by atoms with Gasteiger partial charge in [-0.1, -0.05) is 37.9 Å². The first kappa shape index (κ1) is 18.2. The van der Waals surface area contributed by atoms with Crippen molar-refractivity contribution in [2.24, 2.45) is 5.92 Å². The van der Waals surface area contributed by atoms with E-state index in [0.717, 1.165) is 23.4 Å². The highest BCUT2D eigenvalue weighted by Crippen LogP contribution is 2.31. The predicted octanol–water partition coefficient (Wildman–Crippen LogP) is 3.47. The van der Waals surface area contributed by atoms with Crippen LogP contribution in [0.5, 0.6) is 0 Å². The van der Waals surface area contributed by atoms with Gasteiger partial charge in [0.05, 0.1) is 23.7 Å². The highest BCUT2D eigenvalue weighted by Gasteiger charge is 2.24. The summed E-state index contributed by atoms with van der Waals surface area (Å²) in [5, 5.41) is 7.57. The fourth-order valence-corrected chi connectivity index (χ4v) is 2.84. The van der Waals surface area contributed by atoms with Crippen molar-refractivity contribution in [3.05, 3.63) is 57.7 Å². The molecule has 2 aromatic heterocycles. The molecule has 0 unspecified atom stereocenters. The molecular weight excluding hydrogens is 364 g/mol. The maximum atomic E-state index is 14.3. The van der Waals surface area contributed by atoms with Crippen LogP contribution in [0.2, 0.25) is 5.15 Å². The topological polar surface area (TPSA) is 65.6 Å². The summed E-state index contributed by atoms with van der Waals surface area (Å²) in [6.07, 6.45) is 3.54. The molecule has 6 nitrogen and oxygen atoms in total. The van der Waals surface area contributed by atoms with Gasteiger partial charge in [0.25, 0.3) is 5.56 Å². The van der Waals surface area contributed by atoms with Crippen LogP contribution in [-0.2, 0) is 6.54 Å². The van der Waals surface area contributed by atoms with E-state index in [-0.39, 0.29) is 34.7 Å². The van der Waals surface area contributed by atoms with Gasteiger partial charge in [-0.05, 0) is 18.1 Å². The second kappa shape index (κ2) is 7.33. The third-order valence-corrected chi connectivity index (χ3v) is 4.37. The van der Waals surface area contributed by atoms with Crippen LogP contribution in [0.15, 0.2) is 35.4 Å². The molecule has 0 saturated heterocycles. The minimum Gasteiger partial charge on any atom is -0.302 e. The van der Waals surface area contributed by atoms with Gasteiger partial charge < -0.3 is 4.57 Å². The first-order valence-corrected chi connectivity index (χ1v) is 8.43. The molecule has 136 valence electrons. The van der Waals surface area contributed by atoms with Crippen molar-refractivity contribution in [2.45, 2.75) is 26.8 Å². The molecule has 0 N–H and O–H groups in total. The monoisotopic (exact) mass is 379 g/mol. The van der Waals surface area contributed by atoms with Gasteiger partial charge in [0.2, 0.25) is 5.82 Å². The molecule has 0 fully saturated rings. The Kier molecular flexibility index (Phi) is 5.13. The van der Waals surface area contributed by atoms with E-state index < -0.39 is 17.2 Å².